The van der Waals surface area contributed by atoms with Gasteiger partial charge in [0, 0.05) is 33.9 Å². The minimum atomic E-state index is 1.11. The van der Waals surface area contributed by atoms with E-state index in [1.807, 2.05) is 0 Å². The third-order valence-electron chi connectivity index (χ3n) is 11.6. The lowest BCUT2D eigenvalue weighted by Crippen LogP contribution is -2.10. The highest BCUT2D eigenvalue weighted by Gasteiger charge is 2.18. The van der Waals surface area contributed by atoms with Crippen LogP contribution in [0.25, 0.3) is 82.5 Å². The molecule has 0 aliphatic carbocycles. The fourth-order valence-electron chi connectivity index (χ4n) is 8.85. The molecule has 0 bridgehead atoms. The van der Waals surface area contributed by atoms with E-state index < -0.39 is 0 Å². The highest BCUT2D eigenvalue weighted by molar-refractivity contribution is 6.20. The summed E-state index contributed by atoms with van der Waals surface area (Å²) in [6, 6.07) is 81.3. The van der Waals surface area contributed by atoms with E-state index in [0.717, 1.165) is 17.1 Å². The molecule has 9 aromatic carbocycles. The Balaban J connectivity index is 0.957. The quantitative estimate of drug-likeness (QED) is 0.158. The molecule has 2 heteroatoms. The van der Waals surface area contributed by atoms with Gasteiger partial charge in [-0.05, 0) is 104 Å². The van der Waals surface area contributed by atoms with E-state index in [4.69, 9.17) is 0 Å². The molecule has 0 radical (unpaired) electrons. The average molecular weight is 739 g/mol. The molecule has 58 heavy (non-hydrogen) atoms. The van der Waals surface area contributed by atoms with Crippen LogP contribution in [0.4, 0.5) is 17.1 Å². The van der Waals surface area contributed by atoms with E-state index in [-0.39, 0.29) is 0 Å². The molecular weight excluding hydrogens is 701 g/mol. The molecule has 0 aliphatic rings. The first-order valence-electron chi connectivity index (χ1n) is 19.9. The van der Waals surface area contributed by atoms with Crippen LogP contribution in [0.3, 0.4) is 0 Å². The smallest absolute Gasteiger partial charge is 0.0541 e. The fourth-order valence-corrected chi connectivity index (χ4v) is 8.85. The zero-order chi connectivity index (χ0) is 38.4. The third kappa shape index (κ3) is 5.74. The van der Waals surface area contributed by atoms with Gasteiger partial charge in [-0.25, -0.2) is 0 Å². The zero-order valence-corrected chi connectivity index (χ0v) is 31.8. The first-order valence-corrected chi connectivity index (χ1v) is 19.9. The number of anilines is 3. The topological polar surface area (TPSA) is 7.65 Å². The summed E-state index contributed by atoms with van der Waals surface area (Å²) in [4.78, 5) is 2.37. The Labute approximate surface area is 338 Å². The van der Waals surface area contributed by atoms with Crippen molar-refractivity contribution in [2.45, 2.75) is 0 Å². The van der Waals surface area contributed by atoms with Crippen LogP contribution in [-0.2, 0) is 0 Å². The van der Waals surface area contributed by atoms with Gasteiger partial charge in [0.25, 0.3) is 0 Å². The van der Waals surface area contributed by atoms with Gasteiger partial charge in [-0.2, -0.15) is 0 Å². The van der Waals surface area contributed by atoms with Gasteiger partial charge in [0.15, 0.2) is 0 Å². The SMILES string of the molecule is c1ccc(-c2ccc(N(c3ccc(-c4ccc(-c5cccc6c5ccc5c6c(-c6ccccc6)c6ccccn65)cc4)cc3)c3cccc4ccccc34)cc2)cc1. The van der Waals surface area contributed by atoms with Gasteiger partial charge in [0.1, 0.15) is 0 Å². The summed E-state index contributed by atoms with van der Waals surface area (Å²) in [6.07, 6.45) is 2.18. The average Bonchev–Trinajstić information content (AvgIpc) is 3.65. The zero-order valence-electron chi connectivity index (χ0n) is 31.8. The van der Waals surface area contributed by atoms with Crippen LogP contribution >= 0.6 is 0 Å². The second-order valence-electron chi connectivity index (χ2n) is 14.9. The van der Waals surface area contributed by atoms with Crippen molar-refractivity contribution in [2.24, 2.45) is 0 Å². The lowest BCUT2D eigenvalue weighted by molar-refractivity contribution is 1.26. The number of hydrogen-bond acceptors (Lipinski definition) is 1. The first-order chi connectivity index (χ1) is 28.8. The van der Waals surface area contributed by atoms with Crippen LogP contribution in [-0.4, -0.2) is 4.40 Å². The number of aromatic nitrogens is 1. The minimum Gasteiger partial charge on any atom is -0.316 e. The van der Waals surface area contributed by atoms with Crippen LogP contribution < -0.4 is 4.90 Å². The molecule has 2 heterocycles. The van der Waals surface area contributed by atoms with E-state index >= 15 is 0 Å². The van der Waals surface area contributed by atoms with Crippen LogP contribution in [0.2, 0.25) is 0 Å². The minimum absolute atomic E-state index is 1.11. The number of benzene rings is 9. The molecule has 0 amide bonds. The molecule has 0 atom stereocenters. The Morgan fingerprint density at radius 2 is 0.845 bits per heavy atom. The Bertz CT molecular complexity index is 3230. The Kier molecular flexibility index (Phi) is 8.19. The van der Waals surface area contributed by atoms with Gasteiger partial charge in [0.2, 0.25) is 0 Å². The summed E-state index contributed by atoms with van der Waals surface area (Å²) in [5.41, 5.74) is 15.6. The summed E-state index contributed by atoms with van der Waals surface area (Å²) in [5, 5.41) is 6.25. The van der Waals surface area contributed by atoms with E-state index in [1.165, 1.54) is 82.5 Å². The molecule has 2 aromatic heterocycles. The van der Waals surface area contributed by atoms with Gasteiger partial charge >= 0.3 is 0 Å². The predicted molar refractivity (Wildman–Crippen MR) is 246 cm³/mol. The van der Waals surface area contributed by atoms with E-state index in [9.17, 15) is 0 Å². The van der Waals surface area contributed by atoms with Crippen molar-refractivity contribution in [2.75, 3.05) is 4.90 Å². The Hall–Kier alpha value is -7.68. The highest BCUT2D eigenvalue weighted by Crippen LogP contribution is 2.43. The van der Waals surface area contributed by atoms with Crippen molar-refractivity contribution < 1.29 is 0 Å². The summed E-state index contributed by atoms with van der Waals surface area (Å²) in [5.74, 6) is 0. The van der Waals surface area contributed by atoms with Gasteiger partial charge < -0.3 is 9.30 Å². The maximum Gasteiger partial charge on any atom is 0.0541 e. The molecule has 0 spiro atoms. The maximum absolute atomic E-state index is 2.37. The normalized spacial score (nSPS) is 11.4. The number of pyridine rings is 1. The lowest BCUT2D eigenvalue weighted by atomic mass is 9.93. The predicted octanol–water partition coefficient (Wildman–Crippen LogP) is 15.5. The fraction of sp³-hybridized carbons (Fsp3) is 0. The molecule has 0 aliphatic heterocycles. The molecule has 0 fully saturated rings. The van der Waals surface area contributed by atoms with Crippen LogP contribution in [0.15, 0.2) is 231 Å². The Morgan fingerprint density at radius 1 is 0.310 bits per heavy atom. The van der Waals surface area contributed by atoms with Crippen molar-refractivity contribution in [3.05, 3.63) is 231 Å². The van der Waals surface area contributed by atoms with Gasteiger partial charge in [-0.1, -0.05) is 176 Å². The number of rotatable bonds is 7. The van der Waals surface area contributed by atoms with Crippen molar-refractivity contribution in [1.29, 1.82) is 0 Å². The molecule has 0 unspecified atom stereocenters. The lowest BCUT2D eigenvalue weighted by Gasteiger charge is -2.27. The monoisotopic (exact) mass is 738 g/mol. The highest BCUT2D eigenvalue weighted by atomic mass is 15.1. The Morgan fingerprint density at radius 3 is 1.55 bits per heavy atom. The molecule has 0 N–H and O–H groups in total. The van der Waals surface area contributed by atoms with Gasteiger partial charge in [-0.3, -0.25) is 0 Å². The van der Waals surface area contributed by atoms with Crippen LogP contribution in [0, 0.1) is 0 Å². The van der Waals surface area contributed by atoms with E-state index in [1.54, 1.807) is 0 Å². The van der Waals surface area contributed by atoms with E-state index in [2.05, 4.69) is 240 Å². The molecule has 0 saturated carbocycles. The number of nitrogens with zero attached hydrogens (tertiary/aromatic N) is 2. The molecule has 0 saturated heterocycles. The molecule has 272 valence electrons. The van der Waals surface area contributed by atoms with Crippen molar-refractivity contribution in [1.82, 2.24) is 4.40 Å². The van der Waals surface area contributed by atoms with Crippen molar-refractivity contribution >= 4 is 55.0 Å². The van der Waals surface area contributed by atoms with Crippen molar-refractivity contribution in [3.63, 3.8) is 0 Å². The van der Waals surface area contributed by atoms with E-state index in [0.29, 0.717) is 0 Å². The molecular formula is C56H38N2. The molecule has 11 rings (SSSR count). The maximum atomic E-state index is 2.37. The van der Waals surface area contributed by atoms with Crippen molar-refractivity contribution in [3.8, 4) is 44.5 Å². The number of hydrogen-bond donors (Lipinski definition) is 0. The second-order valence-corrected chi connectivity index (χ2v) is 14.9. The third-order valence-corrected chi connectivity index (χ3v) is 11.6. The van der Waals surface area contributed by atoms with Gasteiger partial charge in [0.05, 0.1) is 16.7 Å². The summed E-state index contributed by atoms with van der Waals surface area (Å²) < 4.78 is 2.33. The largest absolute Gasteiger partial charge is 0.316 e. The van der Waals surface area contributed by atoms with Crippen LogP contribution in [0.1, 0.15) is 0 Å². The second kappa shape index (κ2) is 14.1. The summed E-state index contributed by atoms with van der Waals surface area (Å²) in [6.45, 7) is 0. The van der Waals surface area contributed by atoms with Gasteiger partial charge in [-0.15, -0.1) is 0 Å². The number of fused-ring (bicyclic) bond motifs is 6. The summed E-state index contributed by atoms with van der Waals surface area (Å²) >= 11 is 0. The summed E-state index contributed by atoms with van der Waals surface area (Å²) in [7, 11) is 0. The van der Waals surface area contributed by atoms with Crippen LogP contribution in [0.5, 0.6) is 0 Å². The molecule has 11 aromatic rings. The standard InChI is InChI=1S/C56H38N2/c1-3-13-39(14-4-1)41-28-32-46(33-29-41)58(52-23-11-18-43-15-7-8-19-49(43)52)47-34-30-42(31-35-47)40-24-26-44(27-25-40)48-20-12-21-51-50(48)36-37-54-56(51)55(45-16-5-2-6-17-45)53-22-9-10-38-57(53)54/h1-38H. The first kappa shape index (κ1) is 33.6. The molecule has 2 nitrogen and oxygen atoms in total.